The summed E-state index contributed by atoms with van der Waals surface area (Å²) in [5.74, 6) is -1.03. The first kappa shape index (κ1) is 29.8. The molecule has 0 radical (unpaired) electrons. The van der Waals surface area contributed by atoms with Crippen LogP contribution in [-0.4, -0.2) is 57.2 Å². The van der Waals surface area contributed by atoms with Gasteiger partial charge >= 0.3 is 18.3 Å². The molecule has 1 aliphatic rings. The minimum Gasteiger partial charge on any atom is -0.460 e. The Bertz CT molecular complexity index is 1440. The van der Waals surface area contributed by atoms with Gasteiger partial charge in [0.2, 0.25) is 0 Å². The molecule has 0 spiro atoms. The summed E-state index contributed by atoms with van der Waals surface area (Å²) in [6.07, 6.45) is -2.20. The molecule has 214 valence electrons. The van der Waals surface area contributed by atoms with Gasteiger partial charge in [-0.25, -0.2) is 9.88 Å². The lowest BCUT2D eigenvalue weighted by Gasteiger charge is -2.28. The number of carbonyl (C=O) groups is 1. The first-order valence-electron chi connectivity index (χ1n) is 12.4. The predicted octanol–water partition coefficient (Wildman–Crippen LogP) is 1.45. The molecular weight excluding hydrogens is 561 g/mol. The summed E-state index contributed by atoms with van der Waals surface area (Å²) >= 11 is 5.73. The summed E-state index contributed by atoms with van der Waals surface area (Å²) in [5, 5.41) is 23.7. The standard InChI is InChI=1S/C26H30N3O9PS/c1-17(25(33)35-15-18-8-4-2-5-9-18)28-39(40,38-19-10-6-3-7-11-19)36-16-21-20(14-30)23(32)24(37-21)29-13-12-22(31)27-26(29)34/h2-13,17,20-21,23-24,30,32H,14-16H2,1H3,(H,28,40)(H,27,31,34)/t17-,20-,21-,23-,24-,39?/m1/s1. The van der Waals surface area contributed by atoms with E-state index in [4.69, 9.17) is 30.3 Å². The van der Waals surface area contributed by atoms with Gasteiger partial charge in [-0.1, -0.05) is 48.5 Å². The van der Waals surface area contributed by atoms with Crippen LogP contribution in [0.2, 0.25) is 0 Å². The third kappa shape index (κ3) is 7.52. The molecule has 14 heteroatoms. The second-order valence-corrected chi connectivity index (χ2v) is 12.2. The number of hydrogen-bond donors (Lipinski definition) is 4. The van der Waals surface area contributed by atoms with Crippen molar-refractivity contribution in [1.29, 1.82) is 0 Å². The number of benzene rings is 2. The Morgan fingerprint density at radius 3 is 2.48 bits per heavy atom. The number of aromatic amines is 1. The van der Waals surface area contributed by atoms with Crippen LogP contribution in [0.15, 0.2) is 82.5 Å². The van der Waals surface area contributed by atoms with Crippen molar-refractivity contribution in [1.82, 2.24) is 14.6 Å². The zero-order valence-corrected chi connectivity index (χ0v) is 23.2. The van der Waals surface area contributed by atoms with E-state index in [1.54, 1.807) is 37.3 Å². The molecule has 1 saturated heterocycles. The smallest absolute Gasteiger partial charge is 0.330 e. The van der Waals surface area contributed by atoms with Gasteiger partial charge in [0.15, 0.2) is 6.23 Å². The van der Waals surface area contributed by atoms with Crippen molar-refractivity contribution in [2.24, 2.45) is 5.92 Å². The van der Waals surface area contributed by atoms with E-state index < -0.39 is 60.9 Å². The molecule has 0 aliphatic carbocycles. The number of ether oxygens (including phenoxy) is 2. The summed E-state index contributed by atoms with van der Waals surface area (Å²) in [5.41, 5.74) is -0.562. The first-order valence-corrected chi connectivity index (χ1v) is 15.1. The molecule has 0 saturated carbocycles. The Labute approximate surface area is 234 Å². The number of aromatic nitrogens is 2. The highest BCUT2D eigenvalue weighted by Crippen LogP contribution is 2.46. The Kier molecular flexibility index (Phi) is 10.0. The van der Waals surface area contributed by atoms with E-state index in [1.165, 1.54) is 6.20 Å². The minimum atomic E-state index is -3.44. The summed E-state index contributed by atoms with van der Waals surface area (Å²) < 4.78 is 24.3. The van der Waals surface area contributed by atoms with Crippen LogP contribution in [0.1, 0.15) is 18.7 Å². The van der Waals surface area contributed by atoms with Crippen molar-refractivity contribution in [3.8, 4) is 5.75 Å². The molecule has 1 aliphatic heterocycles. The molecular formula is C26H30N3O9PS. The van der Waals surface area contributed by atoms with E-state index in [2.05, 4.69) is 10.1 Å². The Morgan fingerprint density at radius 2 is 1.82 bits per heavy atom. The molecule has 4 N–H and O–H groups in total. The lowest BCUT2D eigenvalue weighted by Crippen LogP contribution is -2.37. The van der Waals surface area contributed by atoms with Gasteiger partial charge in [0, 0.05) is 18.2 Å². The fourth-order valence-corrected chi connectivity index (χ4v) is 6.48. The molecule has 1 aromatic heterocycles. The Balaban J connectivity index is 1.47. The molecule has 0 bridgehead atoms. The average Bonchev–Trinajstić information content (AvgIpc) is 3.26. The van der Waals surface area contributed by atoms with E-state index in [9.17, 15) is 24.6 Å². The predicted molar refractivity (Wildman–Crippen MR) is 148 cm³/mol. The maximum absolute atomic E-state index is 12.7. The van der Waals surface area contributed by atoms with Crippen molar-refractivity contribution in [2.45, 2.75) is 38.0 Å². The highest BCUT2D eigenvalue weighted by Gasteiger charge is 2.45. The minimum absolute atomic E-state index is 0.0759. The number of aliphatic hydroxyl groups excluding tert-OH is 2. The highest BCUT2D eigenvalue weighted by molar-refractivity contribution is 8.09. The number of nitrogens with one attached hydrogen (secondary N) is 2. The van der Waals surface area contributed by atoms with Gasteiger partial charge < -0.3 is 28.7 Å². The first-order chi connectivity index (χ1) is 19.2. The summed E-state index contributed by atoms with van der Waals surface area (Å²) in [7, 11) is 0. The number of H-pyrrole nitrogens is 1. The van der Waals surface area contributed by atoms with Gasteiger partial charge in [-0.3, -0.25) is 19.1 Å². The van der Waals surface area contributed by atoms with E-state index in [1.807, 2.05) is 30.3 Å². The van der Waals surface area contributed by atoms with Crippen LogP contribution < -0.4 is 20.9 Å². The molecule has 4 rings (SSSR count). The normalized spacial score (nSPS) is 22.8. The molecule has 0 amide bonds. The zero-order chi connectivity index (χ0) is 28.7. The lowest BCUT2D eigenvalue weighted by atomic mass is 9.99. The number of aliphatic hydroxyl groups is 2. The maximum Gasteiger partial charge on any atom is 0.330 e. The molecule has 12 nitrogen and oxygen atoms in total. The van der Waals surface area contributed by atoms with Crippen LogP contribution in [0.25, 0.3) is 0 Å². The Morgan fingerprint density at radius 1 is 1.15 bits per heavy atom. The lowest BCUT2D eigenvalue weighted by molar-refractivity contribution is -0.146. The summed E-state index contributed by atoms with van der Waals surface area (Å²) in [6.45, 7) is -2.53. The van der Waals surface area contributed by atoms with E-state index in [0.717, 1.165) is 16.2 Å². The van der Waals surface area contributed by atoms with Gasteiger partial charge in [0.05, 0.1) is 19.3 Å². The fraction of sp³-hybridized carbons (Fsp3) is 0.346. The molecule has 2 heterocycles. The van der Waals surface area contributed by atoms with Crippen molar-refractivity contribution in [3.63, 3.8) is 0 Å². The van der Waals surface area contributed by atoms with Crippen LogP contribution in [0.5, 0.6) is 5.75 Å². The number of esters is 1. The largest absolute Gasteiger partial charge is 0.460 e. The van der Waals surface area contributed by atoms with Crippen molar-refractivity contribution >= 4 is 24.4 Å². The summed E-state index contributed by atoms with van der Waals surface area (Å²) in [4.78, 5) is 38.5. The molecule has 1 fully saturated rings. The monoisotopic (exact) mass is 591 g/mol. The van der Waals surface area contributed by atoms with E-state index in [0.29, 0.717) is 5.75 Å². The number of rotatable bonds is 12. The molecule has 1 unspecified atom stereocenters. The molecule has 6 atom stereocenters. The average molecular weight is 592 g/mol. The van der Waals surface area contributed by atoms with Crippen LogP contribution in [0.3, 0.4) is 0 Å². The second-order valence-electron chi connectivity index (χ2n) is 9.06. The van der Waals surface area contributed by atoms with Gasteiger partial charge in [0.1, 0.15) is 24.5 Å². The van der Waals surface area contributed by atoms with Crippen LogP contribution >= 0.6 is 6.64 Å². The van der Waals surface area contributed by atoms with Crippen LogP contribution in [-0.2, 0) is 37.2 Å². The highest BCUT2D eigenvalue weighted by atomic mass is 32.5. The SMILES string of the molecule is C[C@@H](NP(=S)(OC[C@H]1O[C@@H](n2ccc(=O)[nH]c2=O)[C@H](O)[C@@H]1CO)Oc1ccccc1)C(=O)OCc1ccccc1. The summed E-state index contributed by atoms with van der Waals surface area (Å²) in [6, 6.07) is 18.1. The van der Waals surface area contributed by atoms with Gasteiger partial charge in [-0.15, -0.1) is 0 Å². The quantitative estimate of drug-likeness (QED) is 0.178. The number of para-hydroxylation sites is 1. The maximum atomic E-state index is 12.7. The Hall–Kier alpha value is -3.16. The molecule has 40 heavy (non-hydrogen) atoms. The zero-order valence-electron chi connectivity index (χ0n) is 21.5. The number of hydrogen-bond acceptors (Lipinski definition) is 10. The third-order valence-corrected chi connectivity index (χ3v) is 8.67. The molecule has 3 aromatic rings. The van der Waals surface area contributed by atoms with Crippen molar-refractivity contribution in [3.05, 3.63) is 99.3 Å². The van der Waals surface area contributed by atoms with Crippen molar-refractivity contribution in [2.75, 3.05) is 13.2 Å². The number of nitrogens with zero attached hydrogens (tertiary/aromatic N) is 1. The second kappa shape index (κ2) is 13.5. The van der Waals surface area contributed by atoms with Gasteiger partial charge in [-0.05, 0) is 36.4 Å². The number of carbonyl (C=O) groups excluding carboxylic acids is 1. The van der Waals surface area contributed by atoms with Crippen LogP contribution in [0, 0.1) is 5.92 Å². The topological polar surface area (TPSA) is 161 Å². The molecule has 2 aromatic carbocycles. The van der Waals surface area contributed by atoms with Crippen LogP contribution in [0.4, 0.5) is 0 Å². The fourth-order valence-electron chi connectivity index (χ4n) is 4.06. The van der Waals surface area contributed by atoms with Gasteiger partial charge in [0.25, 0.3) is 5.56 Å². The van der Waals surface area contributed by atoms with E-state index >= 15 is 0 Å². The van der Waals surface area contributed by atoms with Crippen molar-refractivity contribution < 1.29 is 33.5 Å². The van der Waals surface area contributed by atoms with E-state index in [-0.39, 0.29) is 13.2 Å². The van der Waals surface area contributed by atoms with Gasteiger partial charge in [-0.2, -0.15) is 0 Å². The third-order valence-electron chi connectivity index (χ3n) is 6.17.